The molecule has 2 amide bonds. The maximum atomic E-state index is 14.5. The Morgan fingerprint density at radius 1 is 1.00 bits per heavy atom. The van der Waals surface area contributed by atoms with Crippen molar-refractivity contribution >= 4 is 18.1 Å². The van der Waals surface area contributed by atoms with Crippen molar-refractivity contribution in [2.45, 2.75) is 83.9 Å². The molecule has 1 atom stereocenters. The number of rotatable bonds is 11. The van der Waals surface area contributed by atoms with Gasteiger partial charge in [-0.2, -0.15) is 0 Å². The topological polar surface area (TPSA) is 80.3 Å². The zero-order chi connectivity index (χ0) is 33.4. The molecule has 1 saturated heterocycles. The molecule has 2 aliphatic rings. The van der Waals surface area contributed by atoms with Crippen LogP contribution in [0.5, 0.6) is 11.5 Å². The monoisotopic (exact) mass is 641 g/mol. The molecule has 1 heterocycles. The summed E-state index contributed by atoms with van der Waals surface area (Å²) in [7, 11) is 3.08. The number of nitrogens with one attached hydrogen (secondary N) is 1. The Morgan fingerprint density at radius 2 is 1.72 bits per heavy atom. The van der Waals surface area contributed by atoms with Crippen LogP contribution in [0.4, 0.5) is 13.6 Å². The zero-order valence-electron chi connectivity index (χ0n) is 28.0. The van der Waals surface area contributed by atoms with E-state index >= 15 is 0 Å². The van der Waals surface area contributed by atoms with Crippen molar-refractivity contribution < 1.29 is 32.6 Å². The fourth-order valence-electron chi connectivity index (χ4n) is 6.49. The molecule has 0 bridgehead atoms. The number of alkyl carbamates (subject to hydrolysis) is 1. The normalized spacial score (nSPS) is 20.7. The summed E-state index contributed by atoms with van der Waals surface area (Å²) >= 11 is 0. The Kier molecular flexibility index (Phi) is 12.1. The standard InChI is InChI=1S/C36H49F2N3O5/c1-24(18-26-11-13-28(37)20-31(26)38)21-41(34(42)27-12-16-32(44-5)33(19-27)45-6)23-30-8-7-17-40(30)22-25-9-14-29(15-10-25)39-35(43)46-36(2,3)4/h11-13,16,18-20,25,29-30H,7-10,14-15,17,21-23H2,1-6H3,(H,39,43)/b24-18+. The van der Waals surface area contributed by atoms with E-state index in [1.54, 1.807) is 31.4 Å². The van der Waals surface area contributed by atoms with Crippen molar-refractivity contribution in [2.24, 2.45) is 5.92 Å². The summed E-state index contributed by atoms with van der Waals surface area (Å²) in [6.07, 6.45) is 7.19. The maximum absolute atomic E-state index is 14.5. The first-order valence-corrected chi connectivity index (χ1v) is 16.2. The van der Waals surface area contributed by atoms with Gasteiger partial charge in [-0.3, -0.25) is 9.69 Å². The highest BCUT2D eigenvalue weighted by Crippen LogP contribution is 2.31. The van der Waals surface area contributed by atoms with Crippen LogP contribution in [0.25, 0.3) is 6.08 Å². The second kappa shape index (κ2) is 15.8. The molecule has 1 aliphatic carbocycles. The van der Waals surface area contributed by atoms with E-state index < -0.39 is 17.2 Å². The third-order valence-electron chi connectivity index (χ3n) is 8.71. The largest absolute Gasteiger partial charge is 0.493 e. The van der Waals surface area contributed by atoms with E-state index in [0.717, 1.165) is 63.3 Å². The third kappa shape index (κ3) is 9.92. The molecule has 10 heteroatoms. The fourth-order valence-corrected chi connectivity index (χ4v) is 6.49. The van der Waals surface area contributed by atoms with Gasteiger partial charge < -0.3 is 24.4 Å². The van der Waals surface area contributed by atoms with Crippen LogP contribution in [0.1, 0.15) is 82.1 Å². The molecular weight excluding hydrogens is 592 g/mol. The van der Waals surface area contributed by atoms with Crippen molar-refractivity contribution in [1.82, 2.24) is 15.1 Å². The first kappa shape index (κ1) is 35.2. The van der Waals surface area contributed by atoms with Crippen LogP contribution in [-0.2, 0) is 4.74 Å². The Bertz CT molecular complexity index is 1380. The Balaban J connectivity index is 1.45. The zero-order valence-corrected chi connectivity index (χ0v) is 28.0. The number of benzene rings is 2. The van der Waals surface area contributed by atoms with Crippen LogP contribution >= 0.6 is 0 Å². The second-order valence-electron chi connectivity index (χ2n) is 13.6. The summed E-state index contributed by atoms with van der Waals surface area (Å²) < 4.78 is 44.2. The predicted molar refractivity (Wildman–Crippen MR) is 175 cm³/mol. The number of likely N-dealkylation sites (tertiary alicyclic amines) is 1. The lowest BCUT2D eigenvalue weighted by Crippen LogP contribution is -2.46. The van der Waals surface area contributed by atoms with E-state index in [2.05, 4.69) is 10.2 Å². The maximum Gasteiger partial charge on any atom is 0.407 e. The van der Waals surface area contributed by atoms with Gasteiger partial charge in [0.15, 0.2) is 11.5 Å². The highest BCUT2D eigenvalue weighted by molar-refractivity contribution is 5.95. The van der Waals surface area contributed by atoms with Gasteiger partial charge in [0, 0.05) is 48.9 Å². The average molecular weight is 642 g/mol. The van der Waals surface area contributed by atoms with E-state index in [9.17, 15) is 18.4 Å². The fraction of sp³-hybridized carbons (Fsp3) is 0.556. The quantitative estimate of drug-likeness (QED) is 0.283. The average Bonchev–Trinajstić information content (AvgIpc) is 3.43. The molecule has 46 heavy (non-hydrogen) atoms. The minimum absolute atomic E-state index is 0.121. The molecule has 0 aromatic heterocycles. The number of hydrogen-bond acceptors (Lipinski definition) is 6. The van der Waals surface area contributed by atoms with Gasteiger partial charge >= 0.3 is 6.09 Å². The lowest BCUT2D eigenvalue weighted by atomic mass is 9.85. The lowest BCUT2D eigenvalue weighted by molar-refractivity contribution is 0.0480. The highest BCUT2D eigenvalue weighted by atomic mass is 19.1. The van der Waals surface area contributed by atoms with E-state index in [1.165, 1.54) is 19.2 Å². The van der Waals surface area contributed by atoms with Gasteiger partial charge in [-0.1, -0.05) is 11.6 Å². The van der Waals surface area contributed by atoms with Gasteiger partial charge in [-0.15, -0.1) is 0 Å². The van der Waals surface area contributed by atoms with Crippen LogP contribution in [0.3, 0.4) is 0 Å². The highest BCUT2D eigenvalue weighted by Gasteiger charge is 2.32. The van der Waals surface area contributed by atoms with Crippen molar-refractivity contribution in [3.05, 3.63) is 64.7 Å². The van der Waals surface area contributed by atoms with Crippen molar-refractivity contribution in [3.63, 3.8) is 0 Å². The summed E-state index contributed by atoms with van der Waals surface area (Å²) in [5.74, 6) is 0.0747. The minimum Gasteiger partial charge on any atom is -0.493 e. The van der Waals surface area contributed by atoms with Crippen molar-refractivity contribution in [1.29, 1.82) is 0 Å². The first-order valence-electron chi connectivity index (χ1n) is 16.2. The first-order chi connectivity index (χ1) is 21.8. The number of ether oxygens (including phenoxy) is 3. The molecule has 0 spiro atoms. The molecule has 2 aromatic carbocycles. The van der Waals surface area contributed by atoms with E-state index in [0.29, 0.717) is 29.5 Å². The van der Waals surface area contributed by atoms with Crippen LogP contribution in [0.15, 0.2) is 42.0 Å². The third-order valence-corrected chi connectivity index (χ3v) is 8.71. The molecule has 1 N–H and O–H groups in total. The summed E-state index contributed by atoms with van der Waals surface area (Å²) in [6, 6.07) is 8.93. The number of carbonyl (C=O) groups excluding carboxylic acids is 2. The summed E-state index contributed by atoms with van der Waals surface area (Å²) in [6.45, 7) is 10.2. The molecule has 2 aromatic rings. The summed E-state index contributed by atoms with van der Waals surface area (Å²) in [4.78, 5) is 30.6. The Labute approximate surface area is 272 Å². The number of amides is 2. The molecule has 1 unspecified atom stereocenters. The number of halogens is 2. The van der Waals surface area contributed by atoms with Gasteiger partial charge in [0.05, 0.1) is 14.2 Å². The Morgan fingerprint density at radius 3 is 2.37 bits per heavy atom. The lowest BCUT2D eigenvalue weighted by Gasteiger charge is -2.36. The second-order valence-corrected chi connectivity index (χ2v) is 13.6. The number of hydrogen-bond donors (Lipinski definition) is 1. The molecular formula is C36H49F2N3O5. The molecule has 1 aliphatic heterocycles. The van der Waals surface area contributed by atoms with Crippen molar-refractivity contribution in [2.75, 3.05) is 40.4 Å². The smallest absolute Gasteiger partial charge is 0.407 e. The van der Waals surface area contributed by atoms with Gasteiger partial charge in [0.25, 0.3) is 5.91 Å². The van der Waals surface area contributed by atoms with E-state index in [4.69, 9.17) is 14.2 Å². The SMILES string of the molecule is COc1ccc(C(=O)N(C/C(C)=C/c2ccc(F)cc2F)CC2CCCN2CC2CCC(NC(=O)OC(C)(C)C)CC2)cc1OC. The van der Waals surface area contributed by atoms with Crippen LogP contribution in [0.2, 0.25) is 0 Å². The summed E-state index contributed by atoms with van der Waals surface area (Å²) in [5, 5.41) is 3.03. The number of carbonyl (C=O) groups is 2. The van der Waals surface area contributed by atoms with Crippen molar-refractivity contribution in [3.8, 4) is 11.5 Å². The molecule has 0 radical (unpaired) electrons. The predicted octanol–water partition coefficient (Wildman–Crippen LogP) is 7.08. The Hall–Kier alpha value is -3.66. The molecule has 2 fully saturated rings. The van der Waals surface area contributed by atoms with Gasteiger partial charge in [-0.25, -0.2) is 13.6 Å². The molecule has 1 saturated carbocycles. The van der Waals surface area contributed by atoms with Crippen LogP contribution in [-0.4, -0.2) is 79.9 Å². The van der Waals surface area contributed by atoms with E-state index in [1.807, 2.05) is 32.6 Å². The van der Waals surface area contributed by atoms with Gasteiger partial charge in [0.1, 0.15) is 17.2 Å². The van der Waals surface area contributed by atoms with Crippen LogP contribution < -0.4 is 14.8 Å². The number of methoxy groups -OCH3 is 2. The summed E-state index contributed by atoms with van der Waals surface area (Å²) in [5.41, 5.74) is 1.00. The van der Waals surface area contributed by atoms with Gasteiger partial charge in [-0.05, 0) is 109 Å². The minimum atomic E-state index is -0.643. The van der Waals surface area contributed by atoms with Crippen LogP contribution in [0, 0.1) is 17.6 Å². The molecule has 8 nitrogen and oxygen atoms in total. The van der Waals surface area contributed by atoms with E-state index in [-0.39, 0.29) is 36.2 Å². The number of nitrogens with zero attached hydrogens (tertiary/aromatic N) is 2. The molecule has 252 valence electrons. The van der Waals surface area contributed by atoms with Gasteiger partial charge in [0.2, 0.25) is 0 Å². The molecule has 4 rings (SSSR count).